The highest BCUT2D eigenvalue weighted by Gasteiger charge is 2.10. The minimum absolute atomic E-state index is 0.159. The molecule has 0 aliphatic rings. The molecule has 5 heteroatoms. The summed E-state index contributed by atoms with van der Waals surface area (Å²) >= 11 is 12.0. The molecule has 0 bridgehead atoms. The number of hydrogen-bond acceptors (Lipinski definition) is 2. The van der Waals surface area contributed by atoms with Gasteiger partial charge in [0.1, 0.15) is 17.1 Å². The van der Waals surface area contributed by atoms with Crippen molar-refractivity contribution in [1.29, 1.82) is 0 Å². The van der Waals surface area contributed by atoms with Crippen molar-refractivity contribution in [2.45, 2.75) is 5.88 Å². The average molecular weight is 322 g/mol. The Morgan fingerprint density at radius 1 is 1.10 bits per heavy atom. The Labute approximate surface area is 131 Å². The molecule has 3 rings (SSSR count). The van der Waals surface area contributed by atoms with Crippen molar-refractivity contribution in [2.75, 3.05) is 0 Å². The molecule has 2 nitrogen and oxygen atoms in total. The molecule has 0 atom stereocenters. The lowest BCUT2D eigenvalue weighted by Gasteiger charge is -2.12. The summed E-state index contributed by atoms with van der Waals surface area (Å²) in [5.74, 6) is 0.859. The predicted octanol–water partition coefficient (Wildman–Crippen LogP) is 5.56. The molecular formula is C16H10Cl2FNO. The number of nitrogens with zero attached hydrogens (tertiary/aromatic N) is 1. The third kappa shape index (κ3) is 2.80. The molecule has 0 spiro atoms. The lowest BCUT2D eigenvalue weighted by atomic mass is 10.2. The summed E-state index contributed by atoms with van der Waals surface area (Å²) < 4.78 is 19.1. The summed E-state index contributed by atoms with van der Waals surface area (Å²) in [4.78, 5) is 4.29. The van der Waals surface area contributed by atoms with Crippen LogP contribution < -0.4 is 4.74 Å². The molecular weight excluding hydrogens is 312 g/mol. The summed E-state index contributed by atoms with van der Waals surface area (Å²) in [7, 11) is 0. The van der Waals surface area contributed by atoms with Gasteiger partial charge in [-0.25, -0.2) is 4.39 Å². The molecule has 0 amide bonds. The zero-order valence-electron chi connectivity index (χ0n) is 10.8. The van der Waals surface area contributed by atoms with Gasteiger partial charge in [0.25, 0.3) is 0 Å². The lowest BCUT2D eigenvalue weighted by molar-refractivity contribution is 0.480. The van der Waals surface area contributed by atoms with E-state index in [1.54, 1.807) is 30.5 Å². The van der Waals surface area contributed by atoms with Gasteiger partial charge in [-0.3, -0.25) is 4.98 Å². The minimum atomic E-state index is -0.350. The number of hydrogen-bond donors (Lipinski definition) is 0. The Hall–Kier alpha value is -1.84. The molecule has 1 aromatic heterocycles. The maximum atomic E-state index is 13.2. The Morgan fingerprint density at radius 2 is 1.90 bits per heavy atom. The summed E-state index contributed by atoms with van der Waals surface area (Å²) in [6.07, 6.45) is 1.67. The highest BCUT2D eigenvalue weighted by molar-refractivity contribution is 6.35. The van der Waals surface area contributed by atoms with Gasteiger partial charge in [-0.05, 0) is 42.5 Å². The number of aromatic nitrogens is 1. The normalized spacial score (nSPS) is 10.8. The Morgan fingerprint density at radius 3 is 2.71 bits per heavy atom. The van der Waals surface area contributed by atoms with Gasteiger partial charge in [0.05, 0.1) is 10.9 Å². The number of pyridine rings is 1. The number of fused-ring (bicyclic) bond motifs is 1. The molecule has 0 unspecified atom stereocenters. The van der Waals surface area contributed by atoms with Crippen LogP contribution in [0, 0.1) is 5.82 Å². The van der Waals surface area contributed by atoms with E-state index in [0.717, 1.165) is 5.39 Å². The summed E-state index contributed by atoms with van der Waals surface area (Å²) in [6, 6.07) is 11.4. The molecule has 106 valence electrons. The van der Waals surface area contributed by atoms with Gasteiger partial charge in [-0.1, -0.05) is 11.6 Å². The van der Waals surface area contributed by atoms with Gasteiger partial charge >= 0.3 is 0 Å². The van der Waals surface area contributed by atoms with Crippen LogP contribution in [0.2, 0.25) is 5.02 Å². The average Bonchev–Trinajstić information content (AvgIpc) is 2.52. The lowest BCUT2D eigenvalue weighted by Crippen LogP contribution is -1.93. The summed E-state index contributed by atoms with van der Waals surface area (Å²) in [5.41, 5.74) is 1.23. The largest absolute Gasteiger partial charge is 0.455 e. The van der Waals surface area contributed by atoms with E-state index in [1.165, 1.54) is 12.1 Å². The molecule has 2 aromatic carbocycles. The molecule has 0 N–H and O–H groups in total. The molecule has 0 saturated carbocycles. The monoisotopic (exact) mass is 321 g/mol. The van der Waals surface area contributed by atoms with Crippen LogP contribution in [0.5, 0.6) is 11.5 Å². The number of rotatable bonds is 3. The summed E-state index contributed by atoms with van der Waals surface area (Å²) in [5, 5.41) is 1.40. The second-order valence-corrected chi connectivity index (χ2v) is 5.11. The van der Waals surface area contributed by atoms with Crippen molar-refractivity contribution in [3.8, 4) is 11.5 Å². The van der Waals surface area contributed by atoms with Crippen molar-refractivity contribution in [3.05, 3.63) is 65.1 Å². The van der Waals surface area contributed by atoms with E-state index in [9.17, 15) is 4.39 Å². The van der Waals surface area contributed by atoms with E-state index >= 15 is 0 Å². The second kappa shape index (κ2) is 5.88. The Bertz CT molecular complexity index is 807. The van der Waals surface area contributed by atoms with Crippen LogP contribution in [0.4, 0.5) is 4.39 Å². The highest BCUT2D eigenvalue weighted by atomic mass is 35.5. The van der Waals surface area contributed by atoms with Crippen molar-refractivity contribution >= 4 is 34.1 Å². The maximum absolute atomic E-state index is 13.2. The third-order valence-corrected chi connectivity index (χ3v) is 3.68. The first kappa shape index (κ1) is 14.1. The molecule has 3 aromatic rings. The van der Waals surface area contributed by atoms with Crippen LogP contribution >= 0.6 is 23.2 Å². The molecule has 0 aliphatic carbocycles. The molecule has 0 fully saturated rings. The topological polar surface area (TPSA) is 22.1 Å². The number of alkyl halides is 1. The van der Waals surface area contributed by atoms with Gasteiger partial charge in [0.2, 0.25) is 0 Å². The van der Waals surface area contributed by atoms with Crippen LogP contribution in [-0.2, 0) is 5.88 Å². The highest BCUT2D eigenvalue weighted by Crippen LogP contribution is 2.34. The van der Waals surface area contributed by atoms with E-state index in [1.807, 2.05) is 6.07 Å². The van der Waals surface area contributed by atoms with Gasteiger partial charge in [0.15, 0.2) is 5.75 Å². The third-order valence-electron chi connectivity index (χ3n) is 3.07. The van der Waals surface area contributed by atoms with E-state index in [4.69, 9.17) is 27.9 Å². The SMILES string of the molecule is Fc1ccc(Oc2ccc(Cl)c3cccnc23)c(CCl)c1. The van der Waals surface area contributed by atoms with Gasteiger partial charge in [0, 0.05) is 17.1 Å². The zero-order valence-corrected chi connectivity index (χ0v) is 12.3. The van der Waals surface area contributed by atoms with Crippen LogP contribution in [-0.4, -0.2) is 4.98 Å². The van der Waals surface area contributed by atoms with Crippen molar-refractivity contribution in [2.24, 2.45) is 0 Å². The maximum Gasteiger partial charge on any atom is 0.153 e. The molecule has 0 radical (unpaired) electrons. The van der Waals surface area contributed by atoms with Crippen LogP contribution in [0.25, 0.3) is 10.9 Å². The predicted molar refractivity (Wildman–Crippen MR) is 82.8 cm³/mol. The van der Waals surface area contributed by atoms with Crippen molar-refractivity contribution < 1.29 is 9.13 Å². The van der Waals surface area contributed by atoms with Gasteiger partial charge in [-0.15, -0.1) is 11.6 Å². The zero-order chi connectivity index (χ0) is 14.8. The van der Waals surface area contributed by atoms with Crippen LogP contribution in [0.3, 0.4) is 0 Å². The fraction of sp³-hybridized carbons (Fsp3) is 0.0625. The number of halogens is 3. The van der Waals surface area contributed by atoms with E-state index in [0.29, 0.717) is 27.6 Å². The van der Waals surface area contributed by atoms with Crippen molar-refractivity contribution in [1.82, 2.24) is 4.98 Å². The molecule has 0 aliphatic heterocycles. The van der Waals surface area contributed by atoms with Gasteiger partial charge < -0.3 is 4.74 Å². The fourth-order valence-corrected chi connectivity index (χ4v) is 2.49. The number of ether oxygens (including phenoxy) is 1. The first-order valence-corrected chi connectivity index (χ1v) is 7.16. The van der Waals surface area contributed by atoms with Crippen molar-refractivity contribution in [3.63, 3.8) is 0 Å². The van der Waals surface area contributed by atoms with Crippen LogP contribution in [0.15, 0.2) is 48.7 Å². The standard InChI is InChI=1S/C16H10Cl2FNO/c17-9-10-8-11(19)3-5-14(10)21-15-6-4-13(18)12-2-1-7-20-16(12)15/h1-8H,9H2. The summed E-state index contributed by atoms with van der Waals surface area (Å²) in [6.45, 7) is 0. The van der Waals surface area contributed by atoms with Crippen LogP contribution in [0.1, 0.15) is 5.56 Å². The Balaban J connectivity index is 2.09. The first-order valence-electron chi connectivity index (χ1n) is 6.24. The minimum Gasteiger partial charge on any atom is -0.455 e. The number of benzene rings is 2. The second-order valence-electron chi connectivity index (χ2n) is 4.43. The van der Waals surface area contributed by atoms with E-state index in [-0.39, 0.29) is 11.7 Å². The van der Waals surface area contributed by atoms with E-state index < -0.39 is 0 Å². The molecule has 21 heavy (non-hydrogen) atoms. The quantitative estimate of drug-likeness (QED) is 0.589. The van der Waals surface area contributed by atoms with Gasteiger partial charge in [-0.2, -0.15) is 0 Å². The smallest absolute Gasteiger partial charge is 0.153 e. The first-order chi connectivity index (χ1) is 10.2. The molecule has 0 saturated heterocycles. The van der Waals surface area contributed by atoms with E-state index in [2.05, 4.69) is 4.98 Å². The Kier molecular flexibility index (Phi) is 3.95. The molecule has 1 heterocycles. The fourth-order valence-electron chi connectivity index (χ4n) is 2.06.